The number of carbonyl (C=O) groups is 1. The van der Waals surface area contributed by atoms with E-state index < -0.39 is 16.1 Å². The molecular weight excluding hydrogens is 452 g/mol. The first-order valence-corrected chi connectivity index (χ1v) is 12.3. The highest BCUT2D eigenvalue weighted by atomic mass is 32.2. The lowest BCUT2D eigenvalue weighted by molar-refractivity contribution is -0.122. The summed E-state index contributed by atoms with van der Waals surface area (Å²) in [6.07, 6.45) is -0.737. The van der Waals surface area contributed by atoms with Crippen LogP contribution >= 0.6 is 0 Å². The third-order valence-electron chi connectivity index (χ3n) is 5.47. The number of sulfonamides is 1. The number of amides is 1. The Balaban J connectivity index is 1.69. The molecule has 0 heterocycles. The second-order valence-corrected chi connectivity index (χ2v) is 9.97. The van der Waals surface area contributed by atoms with E-state index in [4.69, 9.17) is 9.47 Å². The van der Waals surface area contributed by atoms with Crippen LogP contribution in [-0.4, -0.2) is 27.5 Å². The van der Waals surface area contributed by atoms with Crippen LogP contribution < -0.4 is 19.5 Å². The Kier molecular flexibility index (Phi) is 7.51. The van der Waals surface area contributed by atoms with Crippen LogP contribution in [0.4, 0.5) is 11.4 Å². The number of aryl methyl sites for hydroxylation is 3. The summed E-state index contributed by atoms with van der Waals surface area (Å²) in [6, 6.07) is 15.1. The number of hydrogen-bond donors (Lipinski definition) is 2. The van der Waals surface area contributed by atoms with Crippen molar-refractivity contribution in [1.82, 2.24) is 0 Å². The zero-order chi connectivity index (χ0) is 25.0. The summed E-state index contributed by atoms with van der Waals surface area (Å²) in [5.74, 6) is 0.752. The van der Waals surface area contributed by atoms with E-state index in [-0.39, 0.29) is 10.8 Å². The third kappa shape index (κ3) is 5.88. The fourth-order valence-electron chi connectivity index (χ4n) is 3.43. The van der Waals surface area contributed by atoms with E-state index in [9.17, 15) is 13.2 Å². The second-order valence-electron chi connectivity index (χ2n) is 8.29. The summed E-state index contributed by atoms with van der Waals surface area (Å²) >= 11 is 0. The second kappa shape index (κ2) is 10.2. The Bertz CT molecular complexity index is 1300. The lowest BCUT2D eigenvalue weighted by Gasteiger charge is -2.18. The van der Waals surface area contributed by atoms with Crippen LogP contribution in [0.2, 0.25) is 0 Å². The zero-order valence-electron chi connectivity index (χ0n) is 20.2. The van der Waals surface area contributed by atoms with Gasteiger partial charge in [-0.25, -0.2) is 8.42 Å². The molecule has 2 N–H and O–H groups in total. The van der Waals surface area contributed by atoms with Gasteiger partial charge in [0.15, 0.2) is 6.10 Å². The monoisotopic (exact) mass is 482 g/mol. The summed E-state index contributed by atoms with van der Waals surface area (Å²) in [6.45, 7) is 9.46. The first-order chi connectivity index (χ1) is 16.0. The van der Waals surface area contributed by atoms with Gasteiger partial charge in [-0.15, -0.1) is 0 Å². The van der Waals surface area contributed by atoms with Crippen LogP contribution in [0.25, 0.3) is 0 Å². The number of carbonyl (C=O) groups excluding carboxylic acids is 1. The minimum atomic E-state index is -3.85. The molecule has 0 saturated carbocycles. The Morgan fingerprint density at radius 2 is 1.56 bits per heavy atom. The minimum absolute atomic E-state index is 0.0595. The summed E-state index contributed by atoms with van der Waals surface area (Å²) in [5, 5.41) is 2.77. The van der Waals surface area contributed by atoms with Crippen LogP contribution in [0.15, 0.2) is 59.5 Å². The van der Waals surface area contributed by atoms with E-state index >= 15 is 0 Å². The molecule has 180 valence electrons. The van der Waals surface area contributed by atoms with Crippen molar-refractivity contribution in [3.05, 3.63) is 76.9 Å². The Hall–Kier alpha value is -3.52. The van der Waals surface area contributed by atoms with E-state index in [1.165, 1.54) is 31.4 Å². The third-order valence-corrected chi connectivity index (χ3v) is 6.85. The van der Waals surface area contributed by atoms with Gasteiger partial charge < -0.3 is 14.8 Å². The van der Waals surface area contributed by atoms with Gasteiger partial charge in [0.2, 0.25) is 0 Å². The molecule has 0 saturated heterocycles. The molecule has 0 aliphatic heterocycles. The molecule has 0 aliphatic carbocycles. The molecule has 0 bridgehead atoms. The molecule has 0 spiro atoms. The Morgan fingerprint density at radius 3 is 2.21 bits per heavy atom. The lowest BCUT2D eigenvalue weighted by atomic mass is 10.1. The van der Waals surface area contributed by atoms with Crippen molar-refractivity contribution in [2.75, 3.05) is 17.1 Å². The van der Waals surface area contributed by atoms with E-state index in [2.05, 4.69) is 16.1 Å². The van der Waals surface area contributed by atoms with Gasteiger partial charge in [-0.1, -0.05) is 12.1 Å². The maximum Gasteiger partial charge on any atom is 0.265 e. The largest absolute Gasteiger partial charge is 0.495 e. The van der Waals surface area contributed by atoms with Crippen molar-refractivity contribution in [1.29, 1.82) is 0 Å². The highest BCUT2D eigenvalue weighted by molar-refractivity contribution is 7.92. The minimum Gasteiger partial charge on any atom is -0.495 e. The maximum atomic E-state index is 12.8. The number of anilines is 2. The summed E-state index contributed by atoms with van der Waals surface area (Å²) in [5.41, 5.74) is 4.84. The predicted molar refractivity (Wildman–Crippen MR) is 134 cm³/mol. The van der Waals surface area contributed by atoms with Gasteiger partial charge in [0, 0.05) is 5.69 Å². The highest BCUT2D eigenvalue weighted by Crippen LogP contribution is 2.28. The Labute approximate surface area is 201 Å². The number of ether oxygens (including phenoxy) is 2. The van der Waals surface area contributed by atoms with Crippen LogP contribution in [0, 0.1) is 27.7 Å². The van der Waals surface area contributed by atoms with Crippen LogP contribution in [0.3, 0.4) is 0 Å². The van der Waals surface area contributed by atoms with Crippen molar-refractivity contribution < 1.29 is 22.7 Å². The van der Waals surface area contributed by atoms with Gasteiger partial charge in [-0.05, 0) is 99.3 Å². The van der Waals surface area contributed by atoms with E-state index in [0.717, 1.165) is 22.3 Å². The van der Waals surface area contributed by atoms with Crippen LogP contribution in [0.1, 0.15) is 29.2 Å². The fourth-order valence-corrected chi connectivity index (χ4v) is 4.50. The molecule has 0 unspecified atom stereocenters. The highest BCUT2D eigenvalue weighted by Gasteiger charge is 2.19. The van der Waals surface area contributed by atoms with Gasteiger partial charge >= 0.3 is 0 Å². The van der Waals surface area contributed by atoms with Crippen molar-refractivity contribution >= 4 is 27.3 Å². The summed E-state index contributed by atoms with van der Waals surface area (Å²) < 4.78 is 39.4. The first kappa shape index (κ1) is 25.1. The smallest absolute Gasteiger partial charge is 0.265 e. The number of nitrogens with one attached hydrogen (secondary N) is 2. The average molecular weight is 483 g/mol. The molecule has 1 atom stereocenters. The molecule has 0 radical (unpaired) electrons. The van der Waals surface area contributed by atoms with Gasteiger partial charge in [0.1, 0.15) is 11.5 Å². The van der Waals surface area contributed by atoms with Crippen LogP contribution in [-0.2, 0) is 14.8 Å². The molecule has 0 fully saturated rings. The number of rotatable bonds is 8. The topological polar surface area (TPSA) is 93.7 Å². The van der Waals surface area contributed by atoms with Crippen LogP contribution in [0.5, 0.6) is 11.5 Å². The molecule has 0 aromatic heterocycles. The molecule has 0 aliphatic rings. The molecular formula is C26H30N2O5S. The summed E-state index contributed by atoms with van der Waals surface area (Å²) in [4.78, 5) is 12.7. The van der Waals surface area contributed by atoms with E-state index in [1.54, 1.807) is 19.1 Å². The van der Waals surface area contributed by atoms with Crippen molar-refractivity contribution in [3.63, 3.8) is 0 Å². The first-order valence-electron chi connectivity index (χ1n) is 10.8. The zero-order valence-corrected chi connectivity index (χ0v) is 21.0. The maximum absolute atomic E-state index is 12.8. The molecule has 1 amide bonds. The molecule has 7 nitrogen and oxygen atoms in total. The predicted octanol–water partition coefficient (Wildman–Crippen LogP) is 5.14. The molecule has 3 aromatic carbocycles. The van der Waals surface area contributed by atoms with Crippen molar-refractivity contribution in [2.45, 2.75) is 45.6 Å². The lowest BCUT2D eigenvalue weighted by Crippen LogP contribution is -2.30. The molecule has 3 aromatic rings. The quantitative estimate of drug-likeness (QED) is 0.464. The SMILES string of the molecule is COc1ccc(C)cc1NS(=O)(=O)c1ccc(NC(=O)[C@H](C)Oc2cc(C)cc(C)c2C)cc1. The van der Waals surface area contributed by atoms with E-state index in [1.807, 2.05) is 39.8 Å². The standard InChI is InChI=1S/C26H30N2O5S/c1-16-7-12-24(32-6)23(14-16)28-34(30,31)22-10-8-21(9-11-22)27-26(29)20(5)33-25-15-17(2)13-18(3)19(25)4/h7-15,20,28H,1-6H3,(H,27,29)/t20-/m0/s1. The van der Waals surface area contributed by atoms with Crippen molar-refractivity contribution in [2.24, 2.45) is 0 Å². The molecule has 34 heavy (non-hydrogen) atoms. The molecule has 8 heteroatoms. The number of benzene rings is 3. The number of hydrogen-bond acceptors (Lipinski definition) is 5. The normalized spacial score (nSPS) is 12.1. The summed E-state index contributed by atoms with van der Waals surface area (Å²) in [7, 11) is -2.37. The van der Waals surface area contributed by atoms with Gasteiger partial charge in [0.05, 0.1) is 17.7 Å². The average Bonchev–Trinajstić information content (AvgIpc) is 2.77. The molecule has 3 rings (SSSR count). The fraction of sp³-hybridized carbons (Fsp3) is 0.269. The number of methoxy groups -OCH3 is 1. The van der Waals surface area contributed by atoms with Gasteiger partial charge in [-0.2, -0.15) is 0 Å². The van der Waals surface area contributed by atoms with Crippen molar-refractivity contribution in [3.8, 4) is 11.5 Å². The Morgan fingerprint density at radius 1 is 0.882 bits per heavy atom. The van der Waals surface area contributed by atoms with Gasteiger partial charge in [0.25, 0.3) is 15.9 Å². The van der Waals surface area contributed by atoms with E-state index in [0.29, 0.717) is 22.9 Å². The van der Waals surface area contributed by atoms with Gasteiger partial charge in [-0.3, -0.25) is 9.52 Å².